The minimum Gasteiger partial charge on any atom is -0.426 e. The number of alkyl halides is 1. The fourth-order valence-corrected chi connectivity index (χ4v) is 1.40. The number of primary amides is 1. The van der Waals surface area contributed by atoms with Crippen LogP contribution in [0.3, 0.4) is 0 Å². The molecule has 0 aliphatic carbocycles. The average molecular weight is 386 g/mol. The van der Waals surface area contributed by atoms with E-state index >= 15 is 0 Å². The fraction of sp³-hybridized carbons (Fsp3) is 0.438. The van der Waals surface area contributed by atoms with Gasteiger partial charge < -0.3 is 15.2 Å². The molecule has 0 unspecified atom stereocenters. The first-order valence-corrected chi connectivity index (χ1v) is 7.68. The lowest BCUT2D eigenvalue weighted by atomic mass is 9.97. The van der Waals surface area contributed by atoms with E-state index in [2.05, 4.69) is 15.9 Å². The van der Waals surface area contributed by atoms with Gasteiger partial charge in [-0.05, 0) is 46.8 Å². The molecule has 6 nitrogen and oxygen atoms in total. The van der Waals surface area contributed by atoms with Crippen LogP contribution in [0.5, 0.6) is 11.5 Å². The van der Waals surface area contributed by atoms with E-state index in [0.29, 0.717) is 0 Å². The topological polar surface area (TPSA) is 95.7 Å². The Morgan fingerprint density at radius 2 is 1.35 bits per heavy atom. The molecule has 0 fully saturated rings. The molecule has 1 aromatic carbocycles. The van der Waals surface area contributed by atoms with Crippen molar-refractivity contribution in [1.82, 2.24) is 0 Å². The van der Waals surface area contributed by atoms with Gasteiger partial charge in [-0.2, -0.15) is 0 Å². The molecule has 0 saturated carbocycles. The maximum atomic E-state index is 12.0. The largest absolute Gasteiger partial charge is 0.426 e. The Balaban J connectivity index is 3.16. The van der Waals surface area contributed by atoms with E-state index < -0.39 is 27.6 Å². The summed E-state index contributed by atoms with van der Waals surface area (Å²) in [5.41, 5.74) is 4.60. The smallest absolute Gasteiger partial charge is 0.327 e. The van der Waals surface area contributed by atoms with Crippen molar-refractivity contribution >= 4 is 33.8 Å². The third-order valence-corrected chi connectivity index (χ3v) is 3.01. The van der Waals surface area contributed by atoms with Gasteiger partial charge in [0, 0.05) is 11.6 Å². The lowest BCUT2D eigenvalue weighted by Gasteiger charge is -2.18. The van der Waals surface area contributed by atoms with Crippen molar-refractivity contribution in [2.24, 2.45) is 11.1 Å². The van der Waals surface area contributed by atoms with Gasteiger partial charge in [-0.3, -0.25) is 14.4 Å². The zero-order valence-corrected chi connectivity index (χ0v) is 15.3. The first-order chi connectivity index (χ1) is 10.3. The minimum atomic E-state index is -0.905. The van der Waals surface area contributed by atoms with Crippen LogP contribution in [-0.2, 0) is 9.59 Å². The second-order valence-electron chi connectivity index (χ2n) is 6.56. The third-order valence-electron chi connectivity index (χ3n) is 2.68. The van der Waals surface area contributed by atoms with E-state index in [1.807, 2.05) is 0 Å². The van der Waals surface area contributed by atoms with Crippen LogP contribution < -0.4 is 15.2 Å². The van der Waals surface area contributed by atoms with E-state index in [1.54, 1.807) is 34.6 Å². The number of hydrogen-bond donors (Lipinski definition) is 1. The number of nitrogens with two attached hydrogens (primary N) is 1. The van der Waals surface area contributed by atoms with Crippen molar-refractivity contribution in [2.45, 2.75) is 38.9 Å². The van der Waals surface area contributed by atoms with Crippen LogP contribution in [0.15, 0.2) is 18.2 Å². The molecule has 0 heterocycles. The van der Waals surface area contributed by atoms with Crippen LogP contribution in [0.1, 0.15) is 45.0 Å². The maximum absolute atomic E-state index is 12.0. The molecular weight excluding hydrogens is 366 g/mol. The Hall–Kier alpha value is -1.89. The summed E-state index contributed by atoms with van der Waals surface area (Å²) in [5.74, 6) is -1.63. The van der Waals surface area contributed by atoms with Crippen LogP contribution >= 0.6 is 15.9 Å². The number of esters is 2. The molecule has 0 radical (unpaired) electrons. The molecule has 1 amide bonds. The molecule has 1 rings (SSSR count). The number of ether oxygens (including phenoxy) is 2. The van der Waals surface area contributed by atoms with Crippen molar-refractivity contribution in [3.63, 3.8) is 0 Å². The molecule has 1 aromatic rings. The Morgan fingerprint density at radius 1 is 0.913 bits per heavy atom. The van der Waals surface area contributed by atoms with Crippen LogP contribution in [0.25, 0.3) is 0 Å². The maximum Gasteiger partial charge on any atom is 0.327 e. The number of benzene rings is 1. The van der Waals surface area contributed by atoms with Gasteiger partial charge in [0.1, 0.15) is 15.8 Å². The average Bonchev–Trinajstić information content (AvgIpc) is 2.35. The summed E-state index contributed by atoms with van der Waals surface area (Å²) in [5, 5.41) is 0. The molecule has 7 heteroatoms. The Labute approximate surface area is 143 Å². The zero-order valence-electron chi connectivity index (χ0n) is 13.7. The van der Waals surface area contributed by atoms with Crippen molar-refractivity contribution in [1.29, 1.82) is 0 Å². The number of hydrogen-bond acceptors (Lipinski definition) is 5. The normalized spacial score (nSPS) is 11.7. The SMILES string of the molecule is CC(C)(C)C(=O)Oc1cc(OC(=O)C(C)(C)Br)cc(C(N)=O)c1. The second-order valence-corrected chi connectivity index (χ2v) is 8.54. The predicted octanol–water partition coefficient (Wildman–Crippen LogP) is 2.82. The highest BCUT2D eigenvalue weighted by Gasteiger charge is 2.27. The Kier molecular flexibility index (Phi) is 5.58. The Bertz CT molecular complexity index is 595. The van der Waals surface area contributed by atoms with Gasteiger partial charge in [0.05, 0.1) is 5.41 Å². The second kappa shape index (κ2) is 6.70. The number of halogens is 1. The van der Waals surface area contributed by atoms with Crippen molar-refractivity contribution in [3.05, 3.63) is 23.8 Å². The molecule has 0 spiro atoms. The van der Waals surface area contributed by atoms with Gasteiger partial charge in [0.25, 0.3) is 0 Å². The zero-order chi connectivity index (χ0) is 18.0. The highest BCUT2D eigenvalue weighted by Crippen LogP contribution is 2.27. The molecule has 0 atom stereocenters. The standard InChI is InChI=1S/C16H20BrNO5/c1-15(2,3)13(20)22-10-6-9(12(18)19)7-11(8-10)23-14(21)16(4,5)17/h6-8H,1-5H3,(H2,18,19). The minimum absolute atomic E-state index is 0.0653. The predicted molar refractivity (Wildman–Crippen MR) is 88.7 cm³/mol. The van der Waals surface area contributed by atoms with E-state index in [9.17, 15) is 14.4 Å². The molecule has 2 N–H and O–H groups in total. The number of carbonyl (C=O) groups is 3. The molecule has 126 valence electrons. The van der Waals surface area contributed by atoms with Crippen molar-refractivity contribution < 1.29 is 23.9 Å². The van der Waals surface area contributed by atoms with Gasteiger partial charge in [-0.15, -0.1) is 0 Å². The highest BCUT2D eigenvalue weighted by molar-refractivity contribution is 9.10. The van der Waals surface area contributed by atoms with Gasteiger partial charge in [-0.25, -0.2) is 0 Å². The van der Waals surface area contributed by atoms with E-state index in [4.69, 9.17) is 15.2 Å². The van der Waals surface area contributed by atoms with Gasteiger partial charge in [-0.1, -0.05) is 15.9 Å². The summed E-state index contributed by atoms with van der Waals surface area (Å²) in [6.07, 6.45) is 0. The molecule has 0 aliphatic rings. The summed E-state index contributed by atoms with van der Waals surface area (Å²) in [7, 11) is 0. The van der Waals surface area contributed by atoms with E-state index in [1.165, 1.54) is 18.2 Å². The number of carbonyl (C=O) groups excluding carboxylic acids is 3. The summed E-state index contributed by atoms with van der Waals surface area (Å²) < 4.78 is 9.52. The number of rotatable bonds is 4. The van der Waals surface area contributed by atoms with E-state index in [-0.39, 0.29) is 17.1 Å². The summed E-state index contributed by atoms with van der Waals surface area (Å²) in [4.78, 5) is 35.3. The van der Waals surface area contributed by atoms with Crippen LogP contribution in [0.2, 0.25) is 0 Å². The van der Waals surface area contributed by atoms with Gasteiger partial charge in [0.15, 0.2) is 0 Å². The van der Waals surface area contributed by atoms with Crippen LogP contribution in [0.4, 0.5) is 0 Å². The molecule has 0 bridgehead atoms. The fourth-order valence-electron chi connectivity index (χ4n) is 1.32. The first kappa shape index (κ1) is 19.2. The summed E-state index contributed by atoms with van der Waals surface area (Å²) in [6.45, 7) is 8.33. The Morgan fingerprint density at radius 3 is 1.70 bits per heavy atom. The monoisotopic (exact) mass is 385 g/mol. The highest BCUT2D eigenvalue weighted by atomic mass is 79.9. The summed E-state index contributed by atoms with van der Waals surface area (Å²) >= 11 is 3.18. The van der Waals surface area contributed by atoms with Crippen LogP contribution in [0, 0.1) is 5.41 Å². The summed E-state index contributed by atoms with van der Waals surface area (Å²) in [6, 6.07) is 3.99. The first-order valence-electron chi connectivity index (χ1n) is 6.89. The van der Waals surface area contributed by atoms with Gasteiger partial charge in [0.2, 0.25) is 5.91 Å². The molecule has 0 saturated heterocycles. The molecule has 0 aliphatic heterocycles. The van der Waals surface area contributed by atoms with Crippen molar-refractivity contribution in [3.8, 4) is 11.5 Å². The molecule has 0 aromatic heterocycles. The van der Waals surface area contributed by atoms with Gasteiger partial charge >= 0.3 is 11.9 Å². The lowest BCUT2D eigenvalue weighted by Crippen LogP contribution is -2.29. The molecular formula is C16H20BrNO5. The van der Waals surface area contributed by atoms with E-state index in [0.717, 1.165) is 0 Å². The lowest BCUT2D eigenvalue weighted by molar-refractivity contribution is -0.143. The van der Waals surface area contributed by atoms with Crippen LogP contribution in [-0.4, -0.2) is 22.2 Å². The third kappa shape index (κ3) is 5.67. The number of amides is 1. The van der Waals surface area contributed by atoms with Crippen molar-refractivity contribution in [2.75, 3.05) is 0 Å². The molecule has 23 heavy (non-hydrogen) atoms. The quantitative estimate of drug-likeness (QED) is 0.488.